The number of unbranched alkanes of at least 4 members (excludes halogenated alkanes) is 1. The fourth-order valence-electron chi connectivity index (χ4n) is 3.34. The Hall–Kier alpha value is -2.46. The molecule has 28 heavy (non-hydrogen) atoms. The highest BCUT2D eigenvalue weighted by atomic mass is 31.2. The molecule has 6 heteroatoms. The molecule has 3 aromatic rings. The number of aryl methyl sites for hydroxylation is 1. The first-order valence-electron chi connectivity index (χ1n) is 9.30. The van der Waals surface area contributed by atoms with Crippen LogP contribution in [-0.2, 0) is 15.8 Å². The Kier molecular flexibility index (Phi) is 6.63. The first-order valence-corrected chi connectivity index (χ1v) is 11.1. The summed E-state index contributed by atoms with van der Waals surface area (Å²) in [6.45, 7) is 0. The summed E-state index contributed by atoms with van der Waals surface area (Å²) in [5.74, 6) is -1.17. The van der Waals surface area contributed by atoms with E-state index in [0.29, 0.717) is 12.0 Å². The first-order chi connectivity index (χ1) is 13.5. The monoisotopic (exact) mass is 397 g/mol. The van der Waals surface area contributed by atoms with E-state index in [1.54, 1.807) is 30.3 Å². The van der Waals surface area contributed by atoms with Crippen LogP contribution in [0.4, 0.5) is 0 Å². The van der Waals surface area contributed by atoms with Gasteiger partial charge in [0.15, 0.2) is 0 Å². The second kappa shape index (κ2) is 9.16. The predicted molar refractivity (Wildman–Crippen MR) is 112 cm³/mol. The highest BCUT2D eigenvalue weighted by Gasteiger charge is 2.28. The lowest BCUT2D eigenvalue weighted by molar-refractivity contribution is -0.139. The zero-order valence-electron chi connectivity index (χ0n) is 15.5. The summed E-state index contributed by atoms with van der Waals surface area (Å²) in [5, 5.41) is 14.2. The van der Waals surface area contributed by atoms with Crippen molar-refractivity contribution in [3.63, 3.8) is 0 Å². The lowest BCUT2D eigenvalue weighted by Gasteiger charge is -2.19. The number of carboxylic acid groups (broad SMARTS) is 1. The SMILES string of the molecule is O=C(O)C(NP(=O)(O)CCCCc1cccc2ccccc12)c1ccccc1. The molecule has 0 aliphatic carbocycles. The van der Waals surface area contributed by atoms with Crippen LogP contribution in [0, 0.1) is 0 Å². The Bertz CT molecular complexity index is 985. The van der Waals surface area contributed by atoms with E-state index >= 15 is 0 Å². The van der Waals surface area contributed by atoms with Crippen LogP contribution in [0.5, 0.6) is 0 Å². The van der Waals surface area contributed by atoms with Gasteiger partial charge in [0.05, 0.1) is 0 Å². The maximum absolute atomic E-state index is 12.5. The minimum Gasteiger partial charge on any atom is -0.480 e. The normalized spacial score (nSPS) is 14.5. The van der Waals surface area contributed by atoms with Gasteiger partial charge in [-0.3, -0.25) is 9.36 Å². The standard InChI is InChI=1S/C22H24NO4P/c24-22(25)21(19-11-2-1-3-12-19)23-28(26,27)16-7-6-10-18-14-8-13-17-9-4-5-15-20(17)18/h1-5,8-9,11-15,21H,6-7,10,16H2,(H,24,25)(H2,23,26,27). The molecule has 3 N–H and O–H groups in total. The van der Waals surface area contributed by atoms with Crippen LogP contribution >= 0.6 is 7.52 Å². The van der Waals surface area contributed by atoms with Gasteiger partial charge in [0.25, 0.3) is 7.52 Å². The quantitative estimate of drug-likeness (QED) is 0.358. The molecule has 2 unspecified atom stereocenters. The molecular formula is C22H24NO4P. The van der Waals surface area contributed by atoms with Crippen LogP contribution < -0.4 is 5.09 Å². The van der Waals surface area contributed by atoms with Crippen LogP contribution in [0.15, 0.2) is 72.8 Å². The number of nitrogens with one attached hydrogen (secondary N) is 1. The molecule has 2 atom stereocenters. The average molecular weight is 397 g/mol. The van der Waals surface area contributed by atoms with Gasteiger partial charge in [-0.05, 0) is 41.2 Å². The van der Waals surface area contributed by atoms with Gasteiger partial charge in [0.2, 0.25) is 0 Å². The first kappa shape index (κ1) is 20.3. The van der Waals surface area contributed by atoms with Gasteiger partial charge >= 0.3 is 5.97 Å². The van der Waals surface area contributed by atoms with Gasteiger partial charge in [-0.1, -0.05) is 72.8 Å². The second-order valence-electron chi connectivity index (χ2n) is 6.83. The third-order valence-electron chi connectivity index (χ3n) is 4.75. The van der Waals surface area contributed by atoms with Crippen LogP contribution in [0.25, 0.3) is 10.8 Å². The third-order valence-corrected chi connectivity index (χ3v) is 6.33. The molecule has 0 bridgehead atoms. The van der Waals surface area contributed by atoms with Crippen molar-refractivity contribution in [3.8, 4) is 0 Å². The van der Waals surface area contributed by atoms with Crippen molar-refractivity contribution in [2.45, 2.75) is 25.3 Å². The molecule has 5 nitrogen and oxygen atoms in total. The molecule has 0 saturated carbocycles. The summed E-state index contributed by atoms with van der Waals surface area (Å²) in [7, 11) is -3.77. The number of rotatable bonds is 9. The maximum atomic E-state index is 12.5. The number of carboxylic acids is 1. The number of fused-ring (bicyclic) bond motifs is 1. The van der Waals surface area contributed by atoms with Gasteiger partial charge in [0, 0.05) is 6.16 Å². The van der Waals surface area contributed by atoms with Crippen LogP contribution in [-0.4, -0.2) is 22.1 Å². The van der Waals surface area contributed by atoms with Crippen molar-refractivity contribution in [1.82, 2.24) is 5.09 Å². The van der Waals surface area contributed by atoms with E-state index in [-0.39, 0.29) is 6.16 Å². The van der Waals surface area contributed by atoms with Crippen LogP contribution in [0.2, 0.25) is 0 Å². The number of benzene rings is 3. The van der Waals surface area contributed by atoms with Crippen molar-refractivity contribution in [1.29, 1.82) is 0 Å². The topological polar surface area (TPSA) is 86.6 Å². The molecular weight excluding hydrogens is 373 g/mol. The molecule has 3 aromatic carbocycles. The van der Waals surface area contributed by atoms with Crippen LogP contribution in [0.1, 0.15) is 30.0 Å². The third kappa shape index (κ3) is 5.29. The highest BCUT2D eigenvalue weighted by molar-refractivity contribution is 7.55. The molecule has 146 valence electrons. The lowest BCUT2D eigenvalue weighted by Crippen LogP contribution is -2.27. The summed E-state index contributed by atoms with van der Waals surface area (Å²) in [6.07, 6.45) is 2.13. The van der Waals surface area contributed by atoms with E-state index < -0.39 is 19.5 Å². The fourth-order valence-corrected chi connectivity index (χ4v) is 4.78. The molecule has 0 amide bonds. The van der Waals surface area contributed by atoms with Gasteiger partial charge in [-0.2, -0.15) is 0 Å². The minimum absolute atomic E-state index is 0.0361. The summed E-state index contributed by atoms with van der Waals surface area (Å²) in [6, 6.07) is 21.6. The molecule has 0 heterocycles. The van der Waals surface area contributed by atoms with Crippen molar-refractivity contribution in [3.05, 3.63) is 83.9 Å². The zero-order valence-corrected chi connectivity index (χ0v) is 16.4. The van der Waals surface area contributed by atoms with E-state index in [4.69, 9.17) is 0 Å². The largest absolute Gasteiger partial charge is 0.480 e. The Morgan fingerprint density at radius 1 is 0.929 bits per heavy atom. The Morgan fingerprint density at radius 3 is 2.36 bits per heavy atom. The van der Waals surface area contributed by atoms with Gasteiger partial charge < -0.3 is 10.00 Å². The fraction of sp³-hybridized carbons (Fsp3) is 0.227. The summed E-state index contributed by atoms with van der Waals surface area (Å²) in [4.78, 5) is 21.8. The van der Waals surface area contributed by atoms with E-state index in [0.717, 1.165) is 12.8 Å². The zero-order chi connectivity index (χ0) is 20.0. The summed E-state index contributed by atoms with van der Waals surface area (Å²) < 4.78 is 12.5. The molecule has 3 rings (SSSR count). The van der Waals surface area contributed by atoms with Gasteiger partial charge in [0.1, 0.15) is 6.04 Å². The molecule has 0 aromatic heterocycles. The van der Waals surface area contributed by atoms with Crippen molar-refractivity contribution in [2.24, 2.45) is 0 Å². The summed E-state index contributed by atoms with van der Waals surface area (Å²) in [5.41, 5.74) is 1.67. The average Bonchev–Trinajstić information content (AvgIpc) is 2.70. The van der Waals surface area contributed by atoms with Crippen molar-refractivity contribution < 1.29 is 19.4 Å². The summed E-state index contributed by atoms with van der Waals surface area (Å²) >= 11 is 0. The van der Waals surface area contributed by atoms with Gasteiger partial charge in [-0.25, -0.2) is 5.09 Å². The molecule has 0 radical (unpaired) electrons. The predicted octanol–water partition coefficient (Wildman–Crippen LogP) is 4.76. The van der Waals surface area contributed by atoms with Crippen molar-refractivity contribution in [2.75, 3.05) is 6.16 Å². The molecule has 0 fully saturated rings. The molecule has 0 spiro atoms. The number of carbonyl (C=O) groups is 1. The Balaban J connectivity index is 1.57. The maximum Gasteiger partial charge on any atom is 0.325 e. The smallest absolute Gasteiger partial charge is 0.325 e. The highest BCUT2D eigenvalue weighted by Crippen LogP contribution is 2.40. The number of aliphatic carboxylic acids is 1. The number of hydrogen-bond donors (Lipinski definition) is 3. The van der Waals surface area contributed by atoms with Gasteiger partial charge in [-0.15, -0.1) is 0 Å². The Labute approximate surface area is 164 Å². The van der Waals surface area contributed by atoms with Crippen molar-refractivity contribution >= 4 is 24.3 Å². The lowest BCUT2D eigenvalue weighted by atomic mass is 10.0. The van der Waals surface area contributed by atoms with E-state index in [2.05, 4.69) is 29.4 Å². The van der Waals surface area contributed by atoms with E-state index in [1.807, 2.05) is 18.2 Å². The number of hydrogen-bond acceptors (Lipinski definition) is 2. The molecule has 0 aliphatic rings. The minimum atomic E-state index is -3.77. The second-order valence-corrected chi connectivity index (χ2v) is 8.94. The molecule has 0 aliphatic heterocycles. The van der Waals surface area contributed by atoms with E-state index in [1.165, 1.54) is 16.3 Å². The van der Waals surface area contributed by atoms with E-state index in [9.17, 15) is 19.4 Å². The van der Waals surface area contributed by atoms with Crippen LogP contribution in [0.3, 0.4) is 0 Å². The molecule has 0 saturated heterocycles. The Morgan fingerprint density at radius 2 is 1.61 bits per heavy atom.